The van der Waals surface area contributed by atoms with Gasteiger partial charge in [-0.15, -0.1) is 0 Å². The first-order valence-corrected chi connectivity index (χ1v) is 8.94. The summed E-state index contributed by atoms with van der Waals surface area (Å²) in [4.78, 5) is 29.5. The van der Waals surface area contributed by atoms with Gasteiger partial charge in [-0.2, -0.15) is 0 Å². The standard InChI is InChI=1S/C21H21N3O3/c1-13(26)22-15-6-4-5-14(9-15)21(27)24-11-20-18(10-16(24)12-25)17-7-2-3-8-19(17)23-20/h2-9,16,23,25H,10-12H2,1H3,(H,22,26). The molecule has 1 aliphatic heterocycles. The summed E-state index contributed by atoms with van der Waals surface area (Å²) in [6.45, 7) is 1.74. The third-order valence-corrected chi connectivity index (χ3v) is 5.01. The van der Waals surface area contributed by atoms with Crippen LogP contribution in [0.1, 0.15) is 28.5 Å². The smallest absolute Gasteiger partial charge is 0.254 e. The molecule has 1 unspecified atom stereocenters. The Balaban J connectivity index is 1.66. The molecule has 2 amide bonds. The summed E-state index contributed by atoms with van der Waals surface area (Å²) in [7, 11) is 0. The number of anilines is 1. The summed E-state index contributed by atoms with van der Waals surface area (Å²) in [5, 5.41) is 13.7. The van der Waals surface area contributed by atoms with Gasteiger partial charge in [0, 0.05) is 34.8 Å². The number of aromatic nitrogens is 1. The fourth-order valence-corrected chi connectivity index (χ4v) is 3.77. The predicted octanol–water partition coefficient (Wildman–Crippen LogP) is 2.69. The molecular weight excluding hydrogens is 342 g/mol. The molecule has 0 saturated carbocycles. The summed E-state index contributed by atoms with van der Waals surface area (Å²) >= 11 is 0. The van der Waals surface area contributed by atoms with Crippen LogP contribution in [0.4, 0.5) is 5.69 Å². The third-order valence-electron chi connectivity index (χ3n) is 5.01. The van der Waals surface area contributed by atoms with Crippen LogP contribution in [-0.2, 0) is 17.8 Å². The van der Waals surface area contributed by atoms with E-state index in [2.05, 4.69) is 16.4 Å². The maximum absolute atomic E-state index is 13.1. The van der Waals surface area contributed by atoms with Gasteiger partial charge >= 0.3 is 0 Å². The molecule has 1 aliphatic rings. The maximum atomic E-state index is 13.1. The molecule has 2 aromatic carbocycles. The Hall–Kier alpha value is -3.12. The van der Waals surface area contributed by atoms with Crippen LogP contribution in [0.15, 0.2) is 48.5 Å². The molecule has 138 valence electrons. The summed E-state index contributed by atoms with van der Waals surface area (Å²) < 4.78 is 0. The van der Waals surface area contributed by atoms with Crippen molar-refractivity contribution in [3.8, 4) is 0 Å². The Morgan fingerprint density at radius 2 is 2.04 bits per heavy atom. The molecule has 27 heavy (non-hydrogen) atoms. The average molecular weight is 363 g/mol. The van der Waals surface area contributed by atoms with E-state index in [-0.39, 0.29) is 24.5 Å². The zero-order chi connectivity index (χ0) is 19.0. The summed E-state index contributed by atoms with van der Waals surface area (Å²) in [6.07, 6.45) is 0.604. The summed E-state index contributed by atoms with van der Waals surface area (Å²) in [6, 6.07) is 14.6. The van der Waals surface area contributed by atoms with Crippen LogP contribution in [0, 0.1) is 0 Å². The Kier molecular flexibility index (Phi) is 4.41. The quantitative estimate of drug-likeness (QED) is 0.669. The first-order valence-electron chi connectivity index (χ1n) is 8.94. The lowest BCUT2D eigenvalue weighted by Gasteiger charge is -2.35. The number of aliphatic hydroxyl groups excluding tert-OH is 1. The van der Waals surface area contributed by atoms with Crippen molar-refractivity contribution in [3.05, 3.63) is 65.4 Å². The molecule has 0 fully saturated rings. The number of para-hydroxylation sites is 1. The lowest BCUT2D eigenvalue weighted by molar-refractivity contribution is -0.114. The minimum Gasteiger partial charge on any atom is -0.394 e. The zero-order valence-electron chi connectivity index (χ0n) is 15.0. The first kappa shape index (κ1) is 17.3. The van der Waals surface area contributed by atoms with Crippen LogP contribution in [0.25, 0.3) is 10.9 Å². The monoisotopic (exact) mass is 363 g/mol. The molecule has 0 spiro atoms. The second-order valence-electron chi connectivity index (χ2n) is 6.86. The Morgan fingerprint density at radius 1 is 1.22 bits per heavy atom. The predicted molar refractivity (Wildman–Crippen MR) is 103 cm³/mol. The highest BCUT2D eigenvalue weighted by atomic mass is 16.3. The normalized spacial score (nSPS) is 16.2. The van der Waals surface area contributed by atoms with Gasteiger partial charge in [-0.05, 0) is 36.2 Å². The number of nitrogens with one attached hydrogen (secondary N) is 2. The zero-order valence-corrected chi connectivity index (χ0v) is 15.0. The van der Waals surface area contributed by atoms with Crippen LogP contribution in [0.5, 0.6) is 0 Å². The number of carbonyl (C=O) groups is 2. The van der Waals surface area contributed by atoms with Crippen molar-refractivity contribution in [2.45, 2.75) is 25.9 Å². The van der Waals surface area contributed by atoms with Crippen LogP contribution >= 0.6 is 0 Å². The van der Waals surface area contributed by atoms with Gasteiger partial charge in [0.15, 0.2) is 0 Å². The highest BCUT2D eigenvalue weighted by Gasteiger charge is 2.32. The molecule has 4 rings (SSSR count). The number of carbonyl (C=O) groups excluding carboxylic acids is 2. The van der Waals surface area contributed by atoms with Gasteiger partial charge in [0.2, 0.25) is 5.91 Å². The Bertz CT molecular complexity index is 1020. The van der Waals surface area contributed by atoms with Crippen LogP contribution < -0.4 is 5.32 Å². The molecule has 2 heterocycles. The number of hydrogen-bond donors (Lipinski definition) is 3. The number of benzene rings is 2. The van der Waals surface area contributed by atoms with E-state index < -0.39 is 0 Å². The van der Waals surface area contributed by atoms with Crippen molar-refractivity contribution in [2.75, 3.05) is 11.9 Å². The third kappa shape index (κ3) is 3.19. The van der Waals surface area contributed by atoms with Crippen molar-refractivity contribution in [3.63, 3.8) is 0 Å². The largest absolute Gasteiger partial charge is 0.394 e. The van der Waals surface area contributed by atoms with Crippen LogP contribution in [0.2, 0.25) is 0 Å². The number of H-pyrrole nitrogens is 1. The van der Waals surface area contributed by atoms with Crippen molar-refractivity contribution >= 4 is 28.4 Å². The first-order chi connectivity index (χ1) is 13.1. The van der Waals surface area contributed by atoms with E-state index >= 15 is 0 Å². The van der Waals surface area contributed by atoms with Crippen molar-refractivity contribution in [1.82, 2.24) is 9.88 Å². The van der Waals surface area contributed by atoms with Gasteiger partial charge < -0.3 is 20.3 Å². The number of hydrogen-bond acceptors (Lipinski definition) is 3. The number of amides is 2. The highest BCUT2D eigenvalue weighted by molar-refractivity contribution is 5.97. The Morgan fingerprint density at radius 3 is 2.81 bits per heavy atom. The van der Waals surface area contributed by atoms with Crippen molar-refractivity contribution < 1.29 is 14.7 Å². The van der Waals surface area contributed by atoms with Gasteiger partial charge in [-0.1, -0.05) is 24.3 Å². The van der Waals surface area contributed by atoms with E-state index in [9.17, 15) is 14.7 Å². The second-order valence-corrected chi connectivity index (χ2v) is 6.86. The molecule has 6 heteroatoms. The molecule has 0 bridgehead atoms. The van der Waals surface area contributed by atoms with E-state index in [1.165, 1.54) is 12.5 Å². The average Bonchev–Trinajstić information content (AvgIpc) is 3.03. The lowest BCUT2D eigenvalue weighted by atomic mass is 9.96. The lowest BCUT2D eigenvalue weighted by Crippen LogP contribution is -2.46. The molecule has 0 radical (unpaired) electrons. The highest BCUT2D eigenvalue weighted by Crippen LogP contribution is 2.31. The molecule has 3 N–H and O–H groups in total. The van der Waals surface area contributed by atoms with Gasteiger partial charge in [0.1, 0.15) is 0 Å². The van der Waals surface area contributed by atoms with E-state index in [0.29, 0.717) is 24.2 Å². The fourth-order valence-electron chi connectivity index (χ4n) is 3.77. The topological polar surface area (TPSA) is 85.4 Å². The molecule has 0 aliphatic carbocycles. The molecule has 1 aromatic heterocycles. The fraction of sp³-hybridized carbons (Fsp3) is 0.238. The van der Waals surface area contributed by atoms with E-state index in [4.69, 9.17) is 0 Å². The summed E-state index contributed by atoms with van der Waals surface area (Å²) in [5.74, 6) is -0.348. The van der Waals surface area contributed by atoms with E-state index in [1.54, 1.807) is 29.2 Å². The van der Waals surface area contributed by atoms with E-state index in [1.807, 2.05) is 18.2 Å². The Labute approximate surface area is 156 Å². The molecule has 3 aromatic rings. The van der Waals surface area contributed by atoms with Gasteiger partial charge in [0.25, 0.3) is 5.91 Å². The van der Waals surface area contributed by atoms with Crippen molar-refractivity contribution in [1.29, 1.82) is 0 Å². The van der Waals surface area contributed by atoms with Gasteiger partial charge in [-0.3, -0.25) is 9.59 Å². The maximum Gasteiger partial charge on any atom is 0.254 e. The number of rotatable bonds is 3. The second kappa shape index (κ2) is 6.89. The number of nitrogens with zero attached hydrogens (tertiary/aromatic N) is 1. The van der Waals surface area contributed by atoms with Crippen LogP contribution in [0.3, 0.4) is 0 Å². The van der Waals surface area contributed by atoms with Gasteiger partial charge in [-0.25, -0.2) is 0 Å². The van der Waals surface area contributed by atoms with E-state index in [0.717, 1.165) is 16.6 Å². The SMILES string of the molecule is CC(=O)Nc1cccc(C(=O)N2Cc3[nH]c4ccccc4c3CC2CO)c1. The molecule has 1 atom stereocenters. The van der Waals surface area contributed by atoms with Crippen molar-refractivity contribution in [2.24, 2.45) is 0 Å². The number of aliphatic hydroxyl groups is 1. The van der Waals surface area contributed by atoms with Gasteiger partial charge in [0.05, 0.1) is 19.2 Å². The summed E-state index contributed by atoms with van der Waals surface area (Å²) in [5.41, 5.74) is 4.28. The number of aromatic amines is 1. The molecule has 0 saturated heterocycles. The number of fused-ring (bicyclic) bond motifs is 3. The molecule has 6 nitrogen and oxygen atoms in total. The van der Waals surface area contributed by atoms with Crippen LogP contribution in [-0.4, -0.2) is 39.5 Å². The minimum absolute atomic E-state index is 0.101. The molecular formula is C21H21N3O3. The minimum atomic E-state index is -0.284.